The number of azo groups is 1. The van der Waals surface area contributed by atoms with Crippen LogP contribution in [0.15, 0.2) is 27.7 Å². The van der Waals surface area contributed by atoms with Gasteiger partial charge in [0.2, 0.25) is 5.54 Å². The first-order valence-electron chi connectivity index (χ1n) is 5.53. The first-order chi connectivity index (χ1) is 8.17. The lowest BCUT2D eigenvalue weighted by Gasteiger charge is -2.22. The maximum atomic E-state index is 11.5. The molecule has 1 aromatic rings. The van der Waals surface area contributed by atoms with Crippen molar-refractivity contribution >= 4 is 17.3 Å². The highest BCUT2D eigenvalue weighted by Gasteiger charge is 2.41. The van der Waals surface area contributed by atoms with Crippen molar-refractivity contribution in [2.24, 2.45) is 16.0 Å². The van der Waals surface area contributed by atoms with Gasteiger partial charge >= 0.3 is 5.97 Å². The van der Waals surface area contributed by atoms with E-state index >= 15 is 0 Å². The van der Waals surface area contributed by atoms with Crippen molar-refractivity contribution in [2.75, 3.05) is 13.1 Å². The highest BCUT2D eigenvalue weighted by Crippen LogP contribution is 2.35. The van der Waals surface area contributed by atoms with E-state index in [1.165, 1.54) is 11.3 Å². The lowest BCUT2D eigenvalue weighted by molar-refractivity contribution is -0.144. The number of aliphatic carboxylic acids is 1. The van der Waals surface area contributed by atoms with E-state index in [2.05, 4.69) is 10.2 Å². The number of nitrogens with zero attached hydrogens (tertiary/aromatic N) is 2. The van der Waals surface area contributed by atoms with Crippen LogP contribution in [0.3, 0.4) is 0 Å². The van der Waals surface area contributed by atoms with Crippen LogP contribution in [0, 0.1) is 0 Å². The molecular weight excluding hydrogens is 238 g/mol. The van der Waals surface area contributed by atoms with Gasteiger partial charge in [0.1, 0.15) is 0 Å². The highest BCUT2D eigenvalue weighted by atomic mass is 32.1. The van der Waals surface area contributed by atoms with Gasteiger partial charge in [-0.2, -0.15) is 10.2 Å². The van der Waals surface area contributed by atoms with Gasteiger partial charge in [-0.3, -0.25) is 0 Å². The fourth-order valence-corrected chi connectivity index (χ4v) is 2.43. The van der Waals surface area contributed by atoms with Crippen LogP contribution >= 0.6 is 11.3 Å². The van der Waals surface area contributed by atoms with Gasteiger partial charge < -0.3 is 10.8 Å². The van der Waals surface area contributed by atoms with Gasteiger partial charge in [-0.1, -0.05) is 6.07 Å². The Morgan fingerprint density at radius 3 is 2.88 bits per heavy atom. The maximum Gasteiger partial charge on any atom is 0.339 e. The Morgan fingerprint density at radius 1 is 1.65 bits per heavy atom. The van der Waals surface area contributed by atoms with Crippen LogP contribution in [0.1, 0.15) is 24.6 Å². The van der Waals surface area contributed by atoms with Gasteiger partial charge in [0.15, 0.2) is 0 Å². The minimum absolute atomic E-state index is 0.378. The quantitative estimate of drug-likeness (QED) is 0.732. The summed E-state index contributed by atoms with van der Waals surface area (Å²) >= 11 is 1.38. The molecule has 3 N–H and O–H groups in total. The van der Waals surface area contributed by atoms with Crippen molar-refractivity contribution < 1.29 is 9.90 Å². The van der Waals surface area contributed by atoms with Crippen LogP contribution in [0.25, 0.3) is 0 Å². The molecule has 0 aliphatic heterocycles. The van der Waals surface area contributed by atoms with Crippen LogP contribution in [-0.2, 0) is 10.3 Å². The van der Waals surface area contributed by atoms with E-state index in [0.29, 0.717) is 30.8 Å². The van der Waals surface area contributed by atoms with Gasteiger partial charge in [-0.05, 0) is 37.8 Å². The second-order valence-corrected chi connectivity index (χ2v) is 4.54. The summed E-state index contributed by atoms with van der Waals surface area (Å²) in [6.45, 7) is 2.75. The van der Waals surface area contributed by atoms with Gasteiger partial charge in [0.25, 0.3) is 0 Å². The van der Waals surface area contributed by atoms with Crippen molar-refractivity contribution in [1.29, 1.82) is 0 Å². The largest absolute Gasteiger partial charge is 0.479 e. The van der Waals surface area contributed by atoms with Crippen LogP contribution < -0.4 is 5.73 Å². The van der Waals surface area contributed by atoms with Crippen molar-refractivity contribution in [2.45, 2.75) is 25.3 Å². The normalized spacial score (nSPS) is 14.9. The SMILES string of the molecule is CCN=N[C@@](CCCN)(C(=O)O)c1cccs1. The molecule has 0 aliphatic carbocycles. The molecule has 17 heavy (non-hydrogen) atoms. The number of carboxylic acids is 1. The maximum absolute atomic E-state index is 11.5. The number of hydrogen-bond acceptors (Lipinski definition) is 5. The molecule has 0 radical (unpaired) electrons. The Labute approximate surface area is 104 Å². The Balaban J connectivity index is 3.11. The zero-order chi connectivity index (χ0) is 12.7. The van der Waals surface area contributed by atoms with E-state index in [9.17, 15) is 9.90 Å². The number of thiophene rings is 1. The predicted octanol–water partition coefficient (Wildman–Crippen LogP) is 2.24. The Kier molecular flexibility index (Phi) is 5.24. The standard InChI is InChI=1S/C11H17N3O2S/c1-2-13-14-11(10(15)16,6-4-7-12)9-5-3-8-17-9/h3,5,8H,2,4,6-7,12H2,1H3,(H,15,16)/t11-/m1/s1. The second-order valence-electron chi connectivity index (χ2n) is 3.59. The number of carbonyl (C=O) groups is 1. The molecule has 0 aliphatic rings. The van der Waals surface area contributed by atoms with E-state index in [1.54, 1.807) is 6.07 Å². The summed E-state index contributed by atoms with van der Waals surface area (Å²) in [5.41, 5.74) is 4.20. The highest BCUT2D eigenvalue weighted by molar-refractivity contribution is 7.10. The molecule has 0 fully saturated rings. The van der Waals surface area contributed by atoms with Gasteiger partial charge in [0, 0.05) is 4.88 Å². The molecule has 6 heteroatoms. The number of hydrogen-bond donors (Lipinski definition) is 2. The molecule has 0 aromatic carbocycles. The molecule has 0 saturated carbocycles. The van der Waals surface area contributed by atoms with Crippen molar-refractivity contribution in [3.8, 4) is 0 Å². The van der Waals surface area contributed by atoms with E-state index in [-0.39, 0.29) is 0 Å². The summed E-state index contributed by atoms with van der Waals surface area (Å²) in [7, 11) is 0. The molecule has 1 rings (SSSR count). The predicted molar refractivity (Wildman–Crippen MR) is 67.3 cm³/mol. The molecule has 0 saturated heterocycles. The molecule has 94 valence electrons. The van der Waals surface area contributed by atoms with Crippen LogP contribution in [0.5, 0.6) is 0 Å². The Hall–Kier alpha value is -1.27. The summed E-state index contributed by atoms with van der Waals surface area (Å²) < 4.78 is 0. The lowest BCUT2D eigenvalue weighted by Crippen LogP contribution is -2.33. The van der Waals surface area contributed by atoms with E-state index in [1.807, 2.05) is 18.4 Å². The Bertz CT molecular complexity index is 378. The third-order valence-electron chi connectivity index (χ3n) is 2.41. The molecular formula is C11H17N3O2S. The van der Waals surface area contributed by atoms with E-state index in [0.717, 1.165) is 0 Å². The zero-order valence-electron chi connectivity index (χ0n) is 9.80. The molecule has 1 aromatic heterocycles. The van der Waals surface area contributed by atoms with E-state index < -0.39 is 11.5 Å². The molecule has 0 unspecified atom stereocenters. The van der Waals surface area contributed by atoms with Gasteiger partial charge in [-0.15, -0.1) is 11.3 Å². The van der Waals surface area contributed by atoms with Crippen LogP contribution in [0.2, 0.25) is 0 Å². The summed E-state index contributed by atoms with van der Waals surface area (Å²) in [5, 5.41) is 19.2. The third kappa shape index (κ3) is 3.10. The topological polar surface area (TPSA) is 88.0 Å². The average Bonchev–Trinajstić information content (AvgIpc) is 2.83. The minimum atomic E-state index is -1.26. The lowest BCUT2D eigenvalue weighted by atomic mass is 9.92. The van der Waals surface area contributed by atoms with E-state index in [4.69, 9.17) is 5.73 Å². The zero-order valence-corrected chi connectivity index (χ0v) is 10.6. The molecule has 0 amide bonds. The monoisotopic (exact) mass is 255 g/mol. The fourth-order valence-electron chi connectivity index (χ4n) is 1.54. The van der Waals surface area contributed by atoms with Crippen molar-refractivity contribution in [1.82, 2.24) is 0 Å². The smallest absolute Gasteiger partial charge is 0.339 e. The molecule has 1 atom stereocenters. The summed E-state index contributed by atoms with van der Waals surface area (Å²) in [4.78, 5) is 12.2. The number of nitrogens with two attached hydrogens (primary N) is 1. The summed E-state index contributed by atoms with van der Waals surface area (Å²) in [6, 6.07) is 3.60. The molecule has 0 spiro atoms. The average molecular weight is 255 g/mol. The van der Waals surface area contributed by atoms with Gasteiger partial charge in [0.05, 0.1) is 6.54 Å². The molecule has 5 nitrogen and oxygen atoms in total. The fraction of sp³-hybridized carbons (Fsp3) is 0.545. The molecule has 0 bridgehead atoms. The second kappa shape index (κ2) is 6.46. The van der Waals surface area contributed by atoms with Crippen molar-refractivity contribution in [3.05, 3.63) is 22.4 Å². The van der Waals surface area contributed by atoms with Crippen LogP contribution in [-0.4, -0.2) is 24.2 Å². The minimum Gasteiger partial charge on any atom is -0.479 e. The first-order valence-corrected chi connectivity index (χ1v) is 6.41. The molecule has 1 heterocycles. The first kappa shape index (κ1) is 13.8. The summed E-state index contributed by atoms with van der Waals surface area (Å²) in [6.07, 6.45) is 0.982. The number of carboxylic acid groups (broad SMARTS) is 1. The van der Waals surface area contributed by atoms with Crippen molar-refractivity contribution in [3.63, 3.8) is 0 Å². The summed E-state index contributed by atoms with van der Waals surface area (Å²) in [5.74, 6) is -0.967. The van der Waals surface area contributed by atoms with Crippen LogP contribution in [0.4, 0.5) is 0 Å². The Morgan fingerprint density at radius 2 is 2.41 bits per heavy atom. The number of rotatable bonds is 7. The third-order valence-corrected chi connectivity index (χ3v) is 3.43. The van der Waals surface area contributed by atoms with Gasteiger partial charge in [-0.25, -0.2) is 4.79 Å².